The molecule has 0 aromatic heterocycles. The minimum Gasteiger partial charge on any atom is -0.614 e. The topological polar surface area (TPSA) is 89.9 Å². The van der Waals surface area contributed by atoms with Crippen molar-refractivity contribution in [2.24, 2.45) is 0 Å². The largest absolute Gasteiger partial charge is 0.614 e. The summed E-state index contributed by atoms with van der Waals surface area (Å²) in [5.74, 6) is -2.20. The van der Waals surface area contributed by atoms with Crippen LogP contribution in [0.4, 0.5) is 5.69 Å². The van der Waals surface area contributed by atoms with Crippen molar-refractivity contribution in [2.75, 3.05) is 12.4 Å². The number of anilines is 1. The SMILES string of the molecule is [CH2-]N([CH-]C(=O)O)C(=O)C(O)c1cc(Cl)cc(NC)c1.[Y]. The molecular formula is C12H13ClN2O4Y-2. The van der Waals surface area contributed by atoms with Crippen LogP contribution in [0.2, 0.25) is 5.02 Å². The molecule has 0 spiro atoms. The molecule has 107 valence electrons. The zero-order valence-corrected chi connectivity index (χ0v) is 14.3. The third-order valence-electron chi connectivity index (χ3n) is 2.31. The number of aliphatic hydroxyl groups excluding tert-OH is 1. The standard InChI is InChI=1S/C12H13ClN2O4.Y/c1-14-9-4-7(3-8(13)5-9)11(18)12(19)15(2)6-10(16)17;/h3-6,11,14,18H,2H2,1H3,(H,16,17);/q-2;. The number of nitrogens with zero attached hydrogens (tertiary/aromatic N) is 1. The molecule has 1 unspecified atom stereocenters. The van der Waals surface area contributed by atoms with E-state index in [0.717, 1.165) is 0 Å². The Balaban J connectivity index is 0.00000361. The summed E-state index contributed by atoms with van der Waals surface area (Å²) < 4.78 is 0. The van der Waals surface area contributed by atoms with Crippen molar-refractivity contribution in [3.8, 4) is 0 Å². The van der Waals surface area contributed by atoms with Gasteiger partial charge in [0.05, 0.1) is 0 Å². The van der Waals surface area contributed by atoms with Gasteiger partial charge >= 0.3 is 0 Å². The first-order chi connectivity index (χ1) is 8.85. The van der Waals surface area contributed by atoms with Crippen LogP contribution < -0.4 is 5.32 Å². The number of halogens is 1. The van der Waals surface area contributed by atoms with Crippen molar-refractivity contribution >= 4 is 29.2 Å². The fourth-order valence-electron chi connectivity index (χ4n) is 1.41. The summed E-state index contributed by atoms with van der Waals surface area (Å²) in [4.78, 5) is 22.7. The number of benzene rings is 1. The van der Waals surface area contributed by atoms with E-state index >= 15 is 0 Å². The van der Waals surface area contributed by atoms with E-state index < -0.39 is 18.0 Å². The molecule has 1 rings (SSSR count). The third-order valence-corrected chi connectivity index (χ3v) is 2.53. The molecule has 1 amide bonds. The summed E-state index contributed by atoms with van der Waals surface area (Å²) in [5.41, 5.74) is 0.862. The minimum absolute atomic E-state index is 0. The Morgan fingerprint density at radius 3 is 2.55 bits per heavy atom. The van der Waals surface area contributed by atoms with E-state index in [-0.39, 0.29) is 38.3 Å². The number of hydrogen-bond acceptors (Lipinski definition) is 4. The molecule has 0 heterocycles. The average molecular weight is 374 g/mol. The van der Waals surface area contributed by atoms with Crippen LogP contribution in [0.3, 0.4) is 0 Å². The quantitative estimate of drug-likeness (QED) is 0.677. The molecule has 1 atom stereocenters. The second-order valence-corrected chi connectivity index (χ2v) is 4.14. The number of carboxylic acid groups (broad SMARTS) is 1. The van der Waals surface area contributed by atoms with Gasteiger partial charge in [-0.3, -0.25) is 16.6 Å². The number of carboxylic acids is 1. The monoisotopic (exact) mass is 373 g/mol. The number of rotatable bonds is 5. The molecule has 0 aliphatic heterocycles. The molecular weight excluding hydrogens is 361 g/mol. The van der Waals surface area contributed by atoms with Crippen LogP contribution in [0.1, 0.15) is 11.7 Å². The molecule has 1 aromatic carbocycles. The summed E-state index contributed by atoms with van der Waals surface area (Å²) in [6.45, 7) is 0.565. The van der Waals surface area contributed by atoms with E-state index in [4.69, 9.17) is 16.7 Å². The Labute approximate surface area is 147 Å². The van der Waals surface area contributed by atoms with Crippen LogP contribution in [0.25, 0.3) is 0 Å². The fraction of sp³-hybridized carbons (Fsp3) is 0.167. The third kappa shape index (κ3) is 5.28. The van der Waals surface area contributed by atoms with Crippen LogP contribution >= 0.6 is 11.6 Å². The maximum atomic E-state index is 11.7. The molecule has 0 fully saturated rings. The first kappa shape index (κ1) is 19.2. The minimum atomic E-state index is -1.54. The van der Waals surface area contributed by atoms with Gasteiger partial charge in [-0.15, -0.1) is 0 Å². The van der Waals surface area contributed by atoms with Crippen molar-refractivity contribution in [3.05, 3.63) is 42.4 Å². The Kier molecular flexibility index (Phi) is 8.12. The van der Waals surface area contributed by atoms with Gasteiger partial charge < -0.3 is 20.4 Å². The molecule has 0 aliphatic rings. The predicted octanol–water partition coefficient (Wildman–Crippen LogP) is 1.28. The predicted molar refractivity (Wildman–Crippen MR) is 70.1 cm³/mol. The molecule has 0 bridgehead atoms. The van der Waals surface area contributed by atoms with E-state index in [1.165, 1.54) is 12.1 Å². The van der Waals surface area contributed by atoms with Gasteiger partial charge in [0.25, 0.3) is 0 Å². The zero-order chi connectivity index (χ0) is 14.6. The van der Waals surface area contributed by atoms with Gasteiger partial charge in [0.1, 0.15) is 0 Å². The summed E-state index contributed by atoms with van der Waals surface area (Å²) in [6.07, 6.45) is -1.54. The molecule has 6 nitrogen and oxygen atoms in total. The number of carbonyl (C=O) groups excluding carboxylic acids is 1. The number of aliphatic hydroxyl groups is 1. The van der Waals surface area contributed by atoms with E-state index in [9.17, 15) is 14.7 Å². The molecule has 1 aromatic rings. The van der Waals surface area contributed by atoms with E-state index in [2.05, 4.69) is 12.4 Å². The van der Waals surface area contributed by atoms with Crippen LogP contribution in [-0.2, 0) is 42.3 Å². The Morgan fingerprint density at radius 1 is 1.45 bits per heavy atom. The summed E-state index contributed by atoms with van der Waals surface area (Å²) in [7, 11) is 4.89. The molecule has 0 saturated heterocycles. The zero-order valence-electron chi connectivity index (χ0n) is 10.7. The first-order valence-corrected chi connectivity index (χ1v) is 5.60. The van der Waals surface area contributed by atoms with Crippen LogP contribution in [0, 0.1) is 13.6 Å². The Morgan fingerprint density at radius 2 is 2.05 bits per heavy atom. The maximum absolute atomic E-state index is 11.7. The molecule has 1 radical (unpaired) electrons. The molecule has 0 aliphatic carbocycles. The first-order valence-electron chi connectivity index (χ1n) is 5.23. The number of aliphatic carboxylic acids is 1. The average Bonchev–Trinajstić information content (AvgIpc) is 2.35. The van der Waals surface area contributed by atoms with E-state index in [1.54, 1.807) is 13.1 Å². The van der Waals surface area contributed by atoms with Gasteiger partial charge in [-0.25, -0.2) is 6.54 Å². The normalized spacial score (nSPS) is 11.0. The van der Waals surface area contributed by atoms with Crippen LogP contribution in [-0.4, -0.2) is 34.0 Å². The van der Waals surface area contributed by atoms with Crippen molar-refractivity contribution in [2.45, 2.75) is 6.10 Å². The van der Waals surface area contributed by atoms with Gasteiger partial charge in [0.2, 0.25) is 5.91 Å². The number of amides is 1. The van der Waals surface area contributed by atoms with E-state index in [1.807, 2.05) is 0 Å². The number of nitrogens with one attached hydrogen (secondary N) is 1. The smallest absolute Gasteiger partial charge is 0.202 e. The molecule has 8 heteroatoms. The van der Waals surface area contributed by atoms with Gasteiger partial charge in [-0.2, -0.15) is 0 Å². The second-order valence-electron chi connectivity index (χ2n) is 3.70. The van der Waals surface area contributed by atoms with Crippen molar-refractivity contribution < 1.29 is 52.5 Å². The molecule has 0 saturated carbocycles. The van der Waals surface area contributed by atoms with Crippen LogP contribution in [0.15, 0.2) is 18.2 Å². The summed E-state index contributed by atoms with van der Waals surface area (Å²) in [5, 5.41) is 21.6. The summed E-state index contributed by atoms with van der Waals surface area (Å²) >= 11 is 5.85. The van der Waals surface area contributed by atoms with Crippen molar-refractivity contribution in [1.82, 2.24) is 4.90 Å². The van der Waals surface area contributed by atoms with Gasteiger partial charge in [0.15, 0.2) is 12.1 Å². The van der Waals surface area contributed by atoms with Gasteiger partial charge in [0, 0.05) is 50.5 Å². The maximum Gasteiger partial charge on any atom is 0.202 e. The number of carbonyl (C=O) groups is 2. The van der Waals surface area contributed by atoms with Gasteiger partial charge in [-0.1, -0.05) is 11.6 Å². The van der Waals surface area contributed by atoms with Crippen LogP contribution in [0.5, 0.6) is 0 Å². The number of hydrogen-bond donors (Lipinski definition) is 3. The van der Waals surface area contributed by atoms with E-state index in [0.29, 0.717) is 22.2 Å². The van der Waals surface area contributed by atoms with Crippen molar-refractivity contribution in [3.63, 3.8) is 0 Å². The Bertz CT molecular complexity index is 498. The molecule has 3 N–H and O–H groups in total. The fourth-order valence-corrected chi connectivity index (χ4v) is 1.65. The Hall–Kier alpha value is -0.816. The van der Waals surface area contributed by atoms with Crippen molar-refractivity contribution in [1.29, 1.82) is 0 Å². The molecule has 20 heavy (non-hydrogen) atoms. The van der Waals surface area contributed by atoms with Gasteiger partial charge in [-0.05, 0) is 23.8 Å². The second kappa shape index (κ2) is 8.47. The summed E-state index contributed by atoms with van der Waals surface area (Å²) in [6, 6.07) is 4.57.